The van der Waals surface area contributed by atoms with Gasteiger partial charge in [0.05, 0.1) is 40.7 Å². The SMILES string of the molecule is O=C1[C@@H]2[C@H](C(=O)N1c1cc(Oc3ccc(Cl)cc3)cc([N+](=O)[O-])c1)[C@H]1CC[C@H]2O1. The highest BCUT2D eigenvalue weighted by molar-refractivity contribution is 6.30. The topological polar surface area (TPSA) is 99.0 Å². The Balaban J connectivity index is 1.52. The van der Waals surface area contributed by atoms with Crippen LogP contribution in [0.15, 0.2) is 42.5 Å². The van der Waals surface area contributed by atoms with Crippen molar-refractivity contribution in [2.75, 3.05) is 4.90 Å². The lowest BCUT2D eigenvalue weighted by Gasteiger charge is -2.18. The summed E-state index contributed by atoms with van der Waals surface area (Å²) >= 11 is 5.86. The number of carbonyl (C=O) groups excluding carboxylic acids is 2. The van der Waals surface area contributed by atoms with Gasteiger partial charge in [0.25, 0.3) is 5.69 Å². The van der Waals surface area contributed by atoms with Gasteiger partial charge in [-0.2, -0.15) is 0 Å². The Morgan fingerprint density at radius 2 is 1.62 bits per heavy atom. The van der Waals surface area contributed by atoms with Crippen LogP contribution in [-0.4, -0.2) is 28.9 Å². The van der Waals surface area contributed by atoms with Gasteiger partial charge in [-0.05, 0) is 37.1 Å². The fraction of sp³-hybridized carbons (Fsp3) is 0.300. The first-order valence-electron chi connectivity index (χ1n) is 9.18. The molecule has 2 bridgehead atoms. The standard InChI is InChI=1S/C20H15ClN2O6/c21-10-1-3-13(4-2-10)28-14-8-11(7-12(9-14)23(26)27)22-19(24)17-15-5-6-16(29-15)18(17)20(22)25/h1-4,7-9,15-18H,5-6H2/t15-,16-,17-,18+/m1/s1. The Kier molecular flexibility index (Phi) is 4.07. The van der Waals surface area contributed by atoms with Crippen LogP contribution in [0.1, 0.15) is 12.8 Å². The summed E-state index contributed by atoms with van der Waals surface area (Å²) in [5, 5.41) is 11.9. The van der Waals surface area contributed by atoms with E-state index in [1.54, 1.807) is 24.3 Å². The van der Waals surface area contributed by atoms with Crippen LogP contribution >= 0.6 is 11.6 Å². The smallest absolute Gasteiger partial charge is 0.275 e. The molecule has 0 aliphatic carbocycles. The van der Waals surface area contributed by atoms with Crippen LogP contribution in [0.5, 0.6) is 11.5 Å². The maximum absolute atomic E-state index is 13.0. The van der Waals surface area contributed by atoms with Crippen molar-refractivity contribution in [1.82, 2.24) is 0 Å². The van der Waals surface area contributed by atoms with E-state index in [2.05, 4.69) is 0 Å². The van der Waals surface area contributed by atoms with Gasteiger partial charge in [0.1, 0.15) is 11.5 Å². The third kappa shape index (κ3) is 2.87. The van der Waals surface area contributed by atoms with Gasteiger partial charge in [0.15, 0.2) is 0 Å². The zero-order valence-corrected chi connectivity index (χ0v) is 15.7. The first-order valence-corrected chi connectivity index (χ1v) is 9.56. The van der Waals surface area contributed by atoms with Crippen LogP contribution in [0, 0.1) is 22.0 Å². The minimum Gasteiger partial charge on any atom is -0.457 e. The minimum atomic E-state index is -0.586. The number of rotatable bonds is 4. The Morgan fingerprint density at radius 1 is 1.00 bits per heavy atom. The summed E-state index contributed by atoms with van der Waals surface area (Å²) in [5.74, 6) is -1.20. The monoisotopic (exact) mass is 414 g/mol. The van der Waals surface area contributed by atoms with E-state index in [0.717, 1.165) is 17.7 Å². The lowest BCUT2D eigenvalue weighted by atomic mass is 9.81. The number of ether oxygens (including phenoxy) is 2. The van der Waals surface area contributed by atoms with Crippen LogP contribution in [0.25, 0.3) is 0 Å². The predicted molar refractivity (Wildman–Crippen MR) is 102 cm³/mol. The van der Waals surface area contributed by atoms with Crippen LogP contribution in [-0.2, 0) is 14.3 Å². The highest BCUT2D eigenvalue weighted by Gasteiger charge is 2.62. The molecular weight excluding hydrogens is 400 g/mol. The molecule has 0 aromatic heterocycles. The number of benzene rings is 2. The van der Waals surface area contributed by atoms with Gasteiger partial charge in [0, 0.05) is 17.2 Å². The number of anilines is 1. The Bertz CT molecular complexity index is 1010. The predicted octanol–water partition coefficient (Wildman–Crippen LogP) is 3.71. The van der Waals surface area contributed by atoms with Crippen molar-refractivity contribution in [3.8, 4) is 11.5 Å². The number of carbonyl (C=O) groups is 2. The quantitative estimate of drug-likeness (QED) is 0.429. The molecule has 3 aliphatic heterocycles. The zero-order valence-electron chi connectivity index (χ0n) is 15.0. The van der Waals surface area contributed by atoms with Gasteiger partial charge in [-0.15, -0.1) is 0 Å². The van der Waals surface area contributed by atoms with Crippen molar-refractivity contribution >= 4 is 34.8 Å². The molecule has 0 saturated carbocycles. The third-order valence-corrected chi connectivity index (χ3v) is 5.93. The Hall–Kier alpha value is -2.97. The second kappa shape index (κ2) is 6.53. The number of hydrogen-bond donors (Lipinski definition) is 0. The molecule has 0 spiro atoms. The zero-order chi connectivity index (χ0) is 20.3. The molecule has 29 heavy (non-hydrogen) atoms. The molecule has 2 aromatic carbocycles. The first kappa shape index (κ1) is 18.1. The van der Waals surface area contributed by atoms with E-state index in [1.807, 2.05) is 0 Å². The third-order valence-electron chi connectivity index (χ3n) is 5.68. The Morgan fingerprint density at radius 3 is 2.21 bits per heavy atom. The number of nitrogens with zero attached hydrogens (tertiary/aromatic N) is 2. The van der Waals surface area contributed by atoms with Gasteiger partial charge in [-0.3, -0.25) is 19.7 Å². The van der Waals surface area contributed by atoms with Crippen molar-refractivity contribution < 1.29 is 24.0 Å². The number of halogens is 1. The maximum Gasteiger partial charge on any atom is 0.275 e. The summed E-state index contributed by atoms with van der Waals surface area (Å²) < 4.78 is 11.4. The van der Waals surface area contributed by atoms with Crippen molar-refractivity contribution in [2.45, 2.75) is 25.0 Å². The van der Waals surface area contributed by atoms with Gasteiger partial charge in [-0.1, -0.05) is 11.6 Å². The summed E-state index contributed by atoms with van der Waals surface area (Å²) in [6.07, 6.45) is 0.988. The number of hydrogen-bond acceptors (Lipinski definition) is 6. The minimum absolute atomic E-state index is 0.131. The normalized spacial score (nSPS) is 27.4. The van der Waals surface area contributed by atoms with Gasteiger partial charge < -0.3 is 9.47 Å². The highest BCUT2D eigenvalue weighted by atomic mass is 35.5. The van der Waals surface area contributed by atoms with E-state index in [-0.39, 0.29) is 41.1 Å². The first-order chi connectivity index (χ1) is 13.9. The van der Waals surface area contributed by atoms with E-state index in [9.17, 15) is 19.7 Å². The average molecular weight is 415 g/mol. The molecule has 4 atom stereocenters. The summed E-state index contributed by atoms with van der Waals surface area (Å²) in [5.41, 5.74) is -0.143. The van der Waals surface area contributed by atoms with Crippen molar-refractivity contribution in [3.05, 3.63) is 57.6 Å². The molecule has 9 heteroatoms. The van der Waals surface area contributed by atoms with Gasteiger partial charge in [-0.25, -0.2) is 4.90 Å². The number of nitro groups is 1. The Labute approximate surface area is 170 Å². The van der Waals surface area contributed by atoms with E-state index in [4.69, 9.17) is 21.1 Å². The number of non-ortho nitro benzene ring substituents is 1. The summed E-state index contributed by atoms with van der Waals surface area (Å²) in [6.45, 7) is 0. The van der Waals surface area contributed by atoms with Crippen molar-refractivity contribution in [3.63, 3.8) is 0 Å². The molecule has 3 aliphatic rings. The summed E-state index contributed by atoms with van der Waals surface area (Å²) in [4.78, 5) is 37.8. The molecule has 0 radical (unpaired) electrons. The van der Waals surface area contributed by atoms with E-state index in [1.165, 1.54) is 18.2 Å². The van der Waals surface area contributed by atoms with Crippen LogP contribution in [0.2, 0.25) is 5.02 Å². The van der Waals surface area contributed by atoms with Crippen molar-refractivity contribution in [1.29, 1.82) is 0 Å². The summed E-state index contributed by atoms with van der Waals surface area (Å²) in [7, 11) is 0. The number of imide groups is 1. The second-order valence-corrected chi connectivity index (χ2v) is 7.79. The number of nitro benzene ring substituents is 1. The molecule has 2 aromatic rings. The lowest BCUT2D eigenvalue weighted by molar-refractivity contribution is -0.384. The largest absolute Gasteiger partial charge is 0.457 e. The molecule has 2 amide bonds. The molecule has 3 heterocycles. The van der Waals surface area contributed by atoms with Crippen LogP contribution in [0.3, 0.4) is 0 Å². The van der Waals surface area contributed by atoms with Crippen molar-refractivity contribution in [2.24, 2.45) is 11.8 Å². The van der Waals surface area contributed by atoms with Gasteiger partial charge >= 0.3 is 0 Å². The second-order valence-electron chi connectivity index (χ2n) is 7.35. The lowest BCUT2D eigenvalue weighted by Crippen LogP contribution is -2.34. The molecule has 3 saturated heterocycles. The summed E-state index contributed by atoms with van der Waals surface area (Å²) in [6, 6.07) is 10.4. The molecule has 0 N–H and O–H groups in total. The molecule has 8 nitrogen and oxygen atoms in total. The number of amides is 2. The van der Waals surface area contributed by atoms with Crippen LogP contribution < -0.4 is 9.64 Å². The fourth-order valence-electron chi connectivity index (χ4n) is 4.47. The van der Waals surface area contributed by atoms with Gasteiger partial charge in [0.2, 0.25) is 11.8 Å². The van der Waals surface area contributed by atoms with E-state index in [0.29, 0.717) is 10.8 Å². The molecule has 148 valence electrons. The maximum atomic E-state index is 13.0. The molecule has 3 fully saturated rings. The number of fused-ring (bicyclic) bond motifs is 5. The van der Waals surface area contributed by atoms with Crippen LogP contribution in [0.4, 0.5) is 11.4 Å². The van der Waals surface area contributed by atoms with E-state index >= 15 is 0 Å². The molecule has 0 unspecified atom stereocenters. The average Bonchev–Trinajstić information content (AvgIpc) is 3.37. The highest BCUT2D eigenvalue weighted by Crippen LogP contribution is 2.50. The molecule has 5 rings (SSSR count). The molecular formula is C20H15ClN2O6. The van der Waals surface area contributed by atoms with E-state index < -0.39 is 16.8 Å². The fourth-order valence-corrected chi connectivity index (χ4v) is 4.59.